The normalized spacial score (nSPS) is 11.4. The molecule has 0 aliphatic carbocycles. The molecule has 0 spiro atoms. The average Bonchev–Trinajstić information content (AvgIpc) is 2.91. The number of rotatable bonds is 11. The number of para-hydroxylation sites is 1. The average molecular weight is 531 g/mol. The summed E-state index contributed by atoms with van der Waals surface area (Å²) in [6, 6.07) is 29.0. The molecule has 4 aromatic rings. The molecule has 0 amide bonds. The number of hydrogen-bond donors (Lipinski definition) is 2. The molecule has 0 aliphatic rings. The van der Waals surface area contributed by atoms with Crippen LogP contribution in [-0.2, 0) is 29.5 Å². The van der Waals surface area contributed by atoms with Crippen molar-refractivity contribution >= 4 is 15.7 Å². The van der Waals surface area contributed by atoms with E-state index < -0.39 is 10.0 Å². The summed E-state index contributed by atoms with van der Waals surface area (Å²) >= 11 is 0. The molecule has 0 aliphatic heterocycles. The van der Waals surface area contributed by atoms with Crippen molar-refractivity contribution in [1.82, 2.24) is 0 Å². The van der Waals surface area contributed by atoms with Gasteiger partial charge in [-0.2, -0.15) is 0 Å². The third kappa shape index (κ3) is 7.22. The fourth-order valence-electron chi connectivity index (χ4n) is 4.28. The van der Waals surface area contributed by atoms with Gasteiger partial charge in [-0.25, -0.2) is 13.6 Å². The number of primary sulfonamides is 1. The monoisotopic (exact) mass is 530 g/mol. The second-order valence-corrected chi connectivity index (χ2v) is 11.0. The Bertz CT molecular complexity index is 1400. The lowest BCUT2D eigenvalue weighted by Gasteiger charge is -2.29. The Morgan fingerprint density at radius 1 is 0.763 bits per heavy atom. The van der Waals surface area contributed by atoms with Gasteiger partial charge in [0, 0.05) is 13.1 Å². The smallest absolute Gasteiger partial charge is 0.241 e. The van der Waals surface area contributed by atoms with Crippen LogP contribution in [0.2, 0.25) is 0 Å². The SMILES string of the molecule is Cc1ccc(CCN(CCc2ccc(C)cc2)c2cc(CO)cc(S(N)(=O)=O)c2Oc2ccccc2)cc1. The molecule has 6 nitrogen and oxygen atoms in total. The van der Waals surface area contributed by atoms with E-state index in [-0.39, 0.29) is 17.3 Å². The third-order valence-corrected chi connectivity index (χ3v) is 7.39. The van der Waals surface area contributed by atoms with Gasteiger partial charge in [0.15, 0.2) is 5.75 Å². The van der Waals surface area contributed by atoms with E-state index >= 15 is 0 Å². The van der Waals surface area contributed by atoms with Crippen molar-refractivity contribution in [2.24, 2.45) is 5.14 Å². The molecule has 0 radical (unpaired) electrons. The summed E-state index contributed by atoms with van der Waals surface area (Å²) in [4.78, 5) is 1.96. The summed E-state index contributed by atoms with van der Waals surface area (Å²) in [6.45, 7) is 5.00. The zero-order chi connectivity index (χ0) is 27.1. The first-order valence-electron chi connectivity index (χ1n) is 12.6. The first-order chi connectivity index (χ1) is 18.2. The molecule has 0 saturated carbocycles. The molecule has 0 atom stereocenters. The minimum atomic E-state index is -4.15. The van der Waals surface area contributed by atoms with E-state index in [4.69, 9.17) is 9.88 Å². The van der Waals surface area contributed by atoms with Crippen LogP contribution in [0.25, 0.3) is 0 Å². The first-order valence-corrected chi connectivity index (χ1v) is 14.2. The van der Waals surface area contributed by atoms with E-state index in [2.05, 4.69) is 67.3 Å². The Balaban J connectivity index is 1.78. The Morgan fingerprint density at radius 2 is 1.29 bits per heavy atom. The number of nitrogens with zero attached hydrogens (tertiary/aromatic N) is 1. The van der Waals surface area contributed by atoms with Crippen LogP contribution in [0.15, 0.2) is 95.9 Å². The maximum atomic E-state index is 12.7. The molecule has 0 saturated heterocycles. The number of aliphatic hydroxyl groups excluding tert-OH is 1. The highest BCUT2D eigenvalue weighted by atomic mass is 32.2. The molecule has 3 N–H and O–H groups in total. The molecule has 0 aromatic heterocycles. The molecular weight excluding hydrogens is 496 g/mol. The van der Waals surface area contributed by atoms with Crippen molar-refractivity contribution in [2.75, 3.05) is 18.0 Å². The molecule has 0 heterocycles. The van der Waals surface area contributed by atoms with Crippen LogP contribution < -0.4 is 14.8 Å². The van der Waals surface area contributed by atoms with Gasteiger partial charge in [0.25, 0.3) is 0 Å². The van der Waals surface area contributed by atoms with Gasteiger partial charge >= 0.3 is 0 Å². The number of ether oxygens (including phenoxy) is 1. The Hall–Kier alpha value is -3.65. The maximum absolute atomic E-state index is 12.7. The number of aryl methyl sites for hydroxylation is 2. The largest absolute Gasteiger partial charge is 0.454 e. The van der Waals surface area contributed by atoms with Crippen LogP contribution in [0.3, 0.4) is 0 Å². The van der Waals surface area contributed by atoms with Crippen LogP contribution in [0.5, 0.6) is 11.5 Å². The molecule has 0 fully saturated rings. The lowest BCUT2D eigenvalue weighted by atomic mass is 10.1. The van der Waals surface area contributed by atoms with E-state index in [1.807, 2.05) is 18.2 Å². The number of benzene rings is 4. The minimum absolute atomic E-state index is 0.154. The van der Waals surface area contributed by atoms with Gasteiger partial charge < -0.3 is 14.7 Å². The zero-order valence-corrected chi connectivity index (χ0v) is 22.6. The Kier molecular flexibility index (Phi) is 8.84. The van der Waals surface area contributed by atoms with Gasteiger partial charge in [0.2, 0.25) is 10.0 Å². The van der Waals surface area contributed by atoms with Gasteiger partial charge in [0.05, 0.1) is 12.3 Å². The minimum Gasteiger partial charge on any atom is -0.454 e. The Morgan fingerprint density at radius 3 is 1.76 bits per heavy atom. The highest BCUT2D eigenvalue weighted by molar-refractivity contribution is 7.89. The second-order valence-electron chi connectivity index (χ2n) is 9.52. The molecule has 0 unspecified atom stereocenters. The predicted octanol–water partition coefficient (Wildman–Crippen LogP) is 5.53. The molecule has 38 heavy (non-hydrogen) atoms. The van der Waals surface area contributed by atoms with Crippen molar-refractivity contribution < 1.29 is 18.3 Å². The second kappa shape index (κ2) is 12.3. The summed E-state index contributed by atoms with van der Waals surface area (Å²) in [6.07, 6.45) is 1.49. The van der Waals surface area contributed by atoms with E-state index in [1.54, 1.807) is 18.2 Å². The van der Waals surface area contributed by atoms with Crippen molar-refractivity contribution in [2.45, 2.75) is 38.2 Å². The number of sulfonamides is 1. The molecule has 4 aromatic carbocycles. The van der Waals surface area contributed by atoms with Gasteiger partial charge in [-0.1, -0.05) is 77.9 Å². The Labute approximate surface area is 225 Å². The number of hydrogen-bond acceptors (Lipinski definition) is 5. The van der Waals surface area contributed by atoms with Gasteiger partial charge in [-0.15, -0.1) is 0 Å². The van der Waals surface area contributed by atoms with Crippen molar-refractivity contribution in [3.05, 3.63) is 119 Å². The summed E-state index contributed by atoms with van der Waals surface area (Å²) in [7, 11) is -4.15. The van der Waals surface area contributed by atoms with Crippen molar-refractivity contribution in [3.63, 3.8) is 0 Å². The van der Waals surface area contributed by atoms with Gasteiger partial charge in [-0.3, -0.25) is 0 Å². The maximum Gasteiger partial charge on any atom is 0.241 e. The predicted molar refractivity (Wildman–Crippen MR) is 152 cm³/mol. The lowest BCUT2D eigenvalue weighted by molar-refractivity contribution is 0.281. The van der Waals surface area contributed by atoms with Gasteiger partial charge in [0.1, 0.15) is 10.6 Å². The fourth-order valence-corrected chi connectivity index (χ4v) is 5.00. The van der Waals surface area contributed by atoms with Gasteiger partial charge in [-0.05, 0) is 67.6 Å². The summed E-state index contributed by atoms with van der Waals surface area (Å²) in [5.41, 5.74) is 5.75. The van der Waals surface area contributed by atoms with E-state index in [1.165, 1.54) is 28.3 Å². The van der Waals surface area contributed by atoms with Crippen molar-refractivity contribution in [3.8, 4) is 11.5 Å². The molecule has 0 bridgehead atoms. The van der Waals surface area contributed by atoms with Crippen LogP contribution in [0.4, 0.5) is 5.69 Å². The number of nitrogens with two attached hydrogens (primary N) is 1. The van der Waals surface area contributed by atoms with E-state index in [9.17, 15) is 13.5 Å². The topological polar surface area (TPSA) is 92.9 Å². The van der Waals surface area contributed by atoms with Crippen LogP contribution in [-0.4, -0.2) is 26.6 Å². The summed E-state index contributed by atoms with van der Waals surface area (Å²) in [5.74, 6) is 0.649. The van der Waals surface area contributed by atoms with E-state index in [0.29, 0.717) is 30.1 Å². The third-order valence-electron chi connectivity index (χ3n) is 6.47. The number of anilines is 1. The lowest BCUT2D eigenvalue weighted by Crippen LogP contribution is -2.29. The highest BCUT2D eigenvalue weighted by Crippen LogP contribution is 2.39. The number of aliphatic hydroxyl groups is 1. The molecule has 4 rings (SSSR count). The first kappa shape index (κ1) is 27.4. The van der Waals surface area contributed by atoms with Crippen LogP contribution >= 0.6 is 0 Å². The standard InChI is InChI=1S/C31H34N2O4S/c1-23-8-12-25(13-9-23)16-18-33(19-17-26-14-10-24(2)11-15-26)29-20-27(22-34)21-30(38(32,35)36)31(29)37-28-6-4-3-5-7-28/h3-15,20-21,34H,16-19,22H2,1-2H3,(H2,32,35,36). The van der Waals surface area contributed by atoms with Crippen LogP contribution in [0, 0.1) is 13.8 Å². The summed E-state index contributed by atoms with van der Waals surface area (Å²) in [5, 5.41) is 15.6. The highest BCUT2D eigenvalue weighted by Gasteiger charge is 2.25. The fraction of sp³-hybridized carbons (Fsp3) is 0.226. The zero-order valence-electron chi connectivity index (χ0n) is 21.8. The molecular formula is C31H34N2O4S. The molecule has 198 valence electrons. The van der Waals surface area contributed by atoms with Crippen molar-refractivity contribution in [1.29, 1.82) is 0 Å². The van der Waals surface area contributed by atoms with E-state index in [0.717, 1.165) is 12.8 Å². The summed E-state index contributed by atoms with van der Waals surface area (Å²) < 4.78 is 31.6. The molecule has 7 heteroatoms. The van der Waals surface area contributed by atoms with Crippen LogP contribution in [0.1, 0.15) is 27.8 Å². The quantitative estimate of drug-likeness (QED) is 0.266.